The van der Waals surface area contributed by atoms with Crippen molar-refractivity contribution in [2.75, 3.05) is 17.2 Å². The van der Waals surface area contributed by atoms with Crippen LogP contribution in [-0.2, 0) is 0 Å². The van der Waals surface area contributed by atoms with Gasteiger partial charge in [-0.05, 0) is 38.1 Å². The van der Waals surface area contributed by atoms with Gasteiger partial charge in [0.15, 0.2) is 5.82 Å². The Morgan fingerprint density at radius 3 is 2.58 bits per heavy atom. The predicted octanol–water partition coefficient (Wildman–Crippen LogP) is 4.07. The van der Waals surface area contributed by atoms with Gasteiger partial charge in [-0.3, -0.25) is 0 Å². The van der Waals surface area contributed by atoms with E-state index in [0.29, 0.717) is 18.4 Å². The van der Waals surface area contributed by atoms with Crippen LogP contribution in [0.4, 0.5) is 23.1 Å². The van der Waals surface area contributed by atoms with Gasteiger partial charge in [-0.25, -0.2) is 0 Å². The van der Waals surface area contributed by atoms with E-state index < -0.39 is 0 Å². The molecule has 0 aliphatic rings. The van der Waals surface area contributed by atoms with Crippen LogP contribution in [0.5, 0.6) is 5.75 Å². The van der Waals surface area contributed by atoms with Crippen LogP contribution in [0.2, 0.25) is 0 Å². The molecule has 0 spiro atoms. The van der Waals surface area contributed by atoms with E-state index in [-0.39, 0.29) is 0 Å². The molecule has 3 aromatic rings. The summed E-state index contributed by atoms with van der Waals surface area (Å²) in [5.74, 6) is 1.77. The highest BCUT2D eigenvalue weighted by Crippen LogP contribution is 2.26. The van der Waals surface area contributed by atoms with Gasteiger partial charge in [-0.1, -0.05) is 29.8 Å². The molecule has 0 unspecified atom stereocenters. The third-order valence-electron chi connectivity index (χ3n) is 3.32. The van der Waals surface area contributed by atoms with Gasteiger partial charge in [-0.2, -0.15) is 10.1 Å². The fourth-order valence-electron chi connectivity index (χ4n) is 2.17. The maximum Gasteiger partial charge on any atom is 0.249 e. The summed E-state index contributed by atoms with van der Waals surface area (Å²) in [7, 11) is 0. The Bertz CT molecular complexity index is 805. The molecule has 6 nitrogen and oxygen atoms in total. The van der Waals surface area contributed by atoms with Gasteiger partial charge < -0.3 is 15.4 Å². The van der Waals surface area contributed by atoms with Gasteiger partial charge >= 0.3 is 0 Å². The van der Waals surface area contributed by atoms with Crippen molar-refractivity contribution >= 4 is 23.1 Å². The van der Waals surface area contributed by atoms with Crippen molar-refractivity contribution in [3.8, 4) is 5.75 Å². The quantitative estimate of drug-likeness (QED) is 0.713. The van der Waals surface area contributed by atoms with Crippen molar-refractivity contribution in [1.82, 2.24) is 15.2 Å². The average molecular weight is 321 g/mol. The van der Waals surface area contributed by atoms with Gasteiger partial charge in [0, 0.05) is 5.69 Å². The monoisotopic (exact) mass is 321 g/mol. The molecule has 0 radical (unpaired) electrons. The number of para-hydroxylation sites is 2. The summed E-state index contributed by atoms with van der Waals surface area (Å²) in [6, 6.07) is 15.7. The maximum absolute atomic E-state index is 5.59. The molecule has 2 N–H and O–H groups in total. The number of aryl methyl sites for hydroxylation is 1. The highest BCUT2D eigenvalue weighted by Gasteiger charge is 2.06. The molecule has 122 valence electrons. The molecule has 6 heteroatoms. The Balaban J connectivity index is 1.77. The molecular weight excluding hydrogens is 302 g/mol. The van der Waals surface area contributed by atoms with Crippen LogP contribution < -0.4 is 15.4 Å². The first-order valence-corrected chi connectivity index (χ1v) is 7.77. The van der Waals surface area contributed by atoms with Crippen LogP contribution in [0.25, 0.3) is 0 Å². The van der Waals surface area contributed by atoms with Crippen LogP contribution in [0, 0.1) is 6.92 Å². The number of ether oxygens (including phenoxy) is 1. The smallest absolute Gasteiger partial charge is 0.249 e. The van der Waals surface area contributed by atoms with Crippen molar-refractivity contribution in [3.05, 3.63) is 60.3 Å². The summed E-state index contributed by atoms with van der Waals surface area (Å²) in [6.45, 7) is 4.58. The van der Waals surface area contributed by atoms with Gasteiger partial charge in [0.1, 0.15) is 5.75 Å². The van der Waals surface area contributed by atoms with Crippen molar-refractivity contribution in [1.29, 1.82) is 0 Å². The fraction of sp³-hybridized carbons (Fsp3) is 0.167. The van der Waals surface area contributed by atoms with Crippen molar-refractivity contribution in [2.45, 2.75) is 13.8 Å². The topological polar surface area (TPSA) is 72.0 Å². The van der Waals surface area contributed by atoms with E-state index in [2.05, 4.69) is 25.8 Å². The van der Waals surface area contributed by atoms with Crippen molar-refractivity contribution < 1.29 is 4.74 Å². The summed E-state index contributed by atoms with van der Waals surface area (Å²) in [5, 5.41) is 14.4. The number of hydrogen-bond acceptors (Lipinski definition) is 6. The second-order valence-electron chi connectivity index (χ2n) is 5.21. The maximum atomic E-state index is 5.59. The Hall–Kier alpha value is -3.15. The molecule has 0 aliphatic carbocycles. The van der Waals surface area contributed by atoms with Gasteiger partial charge in [0.2, 0.25) is 5.95 Å². The summed E-state index contributed by atoms with van der Waals surface area (Å²) in [4.78, 5) is 4.44. The van der Waals surface area contributed by atoms with E-state index >= 15 is 0 Å². The lowest BCUT2D eigenvalue weighted by Gasteiger charge is -2.11. The number of hydrogen-bond donors (Lipinski definition) is 2. The highest BCUT2D eigenvalue weighted by molar-refractivity contribution is 5.63. The van der Waals surface area contributed by atoms with E-state index in [1.54, 1.807) is 6.20 Å². The fourth-order valence-corrected chi connectivity index (χ4v) is 2.17. The largest absolute Gasteiger partial charge is 0.492 e. The van der Waals surface area contributed by atoms with E-state index in [9.17, 15) is 0 Å². The molecule has 0 saturated heterocycles. The van der Waals surface area contributed by atoms with Crippen LogP contribution in [0.3, 0.4) is 0 Å². The molecule has 1 aromatic heterocycles. The number of nitrogens with zero attached hydrogens (tertiary/aromatic N) is 3. The minimum Gasteiger partial charge on any atom is -0.492 e. The van der Waals surface area contributed by atoms with Crippen LogP contribution in [0.15, 0.2) is 54.7 Å². The SMILES string of the molecule is CCOc1ccccc1Nc1nncc(Nc2ccc(C)cc2)n1. The Kier molecular flexibility index (Phi) is 4.86. The van der Waals surface area contributed by atoms with E-state index in [0.717, 1.165) is 17.1 Å². The van der Waals surface area contributed by atoms with E-state index in [4.69, 9.17) is 4.74 Å². The lowest BCUT2D eigenvalue weighted by molar-refractivity contribution is 0.342. The van der Waals surface area contributed by atoms with Crippen LogP contribution >= 0.6 is 0 Å². The van der Waals surface area contributed by atoms with Crippen molar-refractivity contribution in [2.24, 2.45) is 0 Å². The molecule has 3 rings (SSSR count). The highest BCUT2D eigenvalue weighted by atomic mass is 16.5. The standard InChI is InChI=1S/C18H19N5O/c1-3-24-16-7-5-4-6-15(16)21-18-22-17(12-19-23-18)20-14-10-8-13(2)9-11-14/h4-12H,3H2,1-2H3,(H2,20,21,22,23). The first-order chi connectivity index (χ1) is 11.7. The predicted molar refractivity (Wildman–Crippen MR) is 95.2 cm³/mol. The summed E-state index contributed by atoms with van der Waals surface area (Å²) in [6.07, 6.45) is 1.58. The van der Waals surface area contributed by atoms with Crippen LogP contribution in [-0.4, -0.2) is 21.8 Å². The number of anilines is 4. The molecule has 2 aromatic carbocycles. The summed E-state index contributed by atoms with van der Waals surface area (Å²) in [5.41, 5.74) is 2.95. The van der Waals surface area contributed by atoms with Crippen molar-refractivity contribution in [3.63, 3.8) is 0 Å². The van der Waals surface area contributed by atoms with Gasteiger partial charge in [0.25, 0.3) is 0 Å². The number of nitrogens with one attached hydrogen (secondary N) is 2. The van der Waals surface area contributed by atoms with E-state index in [1.165, 1.54) is 5.56 Å². The summed E-state index contributed by atoms with van der Waals surface area (Å²) >= 11 is 0. The molecule has 0 amide bonds. The minimum absolute atomic E-state index is 0.402. The first-order valence-electron chi connectivity index (χ1n) is 7.77. The Labute approximate surface area is 140 Å². The number of benzene rings is 2. The molecule has 0 saturated carbocycles. The molecule has 0 bridgehead atoms. The zero-order chi connectivity index (χ0) is 16.8. The molecule has 0 atom stereocenters. The lowest BCUT2D eigenvalue weighted by atomic mass is 10.2. The molecular formula is C18H19N5O. The Morgan fingerprint density at radius 2 is 1.79 bits per heavy atom. The first kappa shape index (κ1) is 15.7. The molecule has 0 aliphatic heterocycles. The normalized spacial score (nSPS) is 10.2. The minimum atomic E-state index is 0.402. The van der Waals surface area contributed by atoms with E-state index in [1.807, 2.05) is 62.4 Å². The zero-order valence-electron chi connectivity index (χ0n) is 13.7. The average Bonchev–Trinajstić information content (AvgIpc) is 2.59. The summed E-state index contributed by atoms with van der Waals surface area (Å²) < 4.78 is 5.59. The van der Waals surface area contributed by atoms with Gasteiger partial charge in [-0.15, -0.1) is 5.10 Å². The lowest BCUT2D eigenvalue weighted by Crippen LogP contribution is -2.04. The van der Waals surface area contributed by atoms with Crippen LogP contribution in [0.1, 0.15) is 12.5 Å². The third kappa shape index (κ3) is 3.98. The number of aromatic nitrogens is 3. The zero-order valence-corrected chi connectivity index (χ0v) is 13.7. The molecule has 1 heterocycles. The second kappa shape index (κ2) is 7.41. The van der Waals surface area contributed by atoms with Gasteiger partial charge in [0.05, 0.1) is 18.5 Å². The number of rotatable bonds is 6. The molecule has 24 heavy (non-hydrogen) atoms. The third-order valence-corrected chi connectivity index (χ3v) is 3.32. The Morgan fingerprint density at radius 1 is 1.00 bits per heavy atom. The second-order valence-corrected chi connectivity index (χ2v) is 5.21. The molecule has 0 fully saturated rings.